The number of carbonyl (C=O) groups is 2. The highest BCUT2D eigenvalue weighted by Gasteiger charge is 2.19. The van der Waals surface area contributed by atoms with E-state index >= 15 is 0 Å². The Morgan fingerprint density at radius 2 is 1.29 bits per heavy atom. The molecule has 0 fully saturated rings. The Hall–Kier alpha value is -3.26. The second kappa shape index (κ2) is 6.26. The second-order valence-corrected chi connectivity index (χ2v) is 3.40. The number of amides is 2. The van der Waals surface area contributed by atoms with Crippen LogP contribution in [0.4, 0.5) is 11.6 Å². The molecule has 0 aliphatic carbocycles. The predicted molar refractivity (Wildman–Crippen MR) is 64.0 cm³/mol. The minimum atomic E-state index is -0.690. The van der Waals surface area contributed by atoms with Gasteiger partial charge < -0.3 is 10.6 Å². The molecule has 14 nitrogen and oxygen atoms in total. The summed E-state index contributed by atoms with van der Waals surface area (Å²) in [6.45, 7) is -0.00186. The third kappa shape index (κ3) is 3.01. The molecule has 0 aliphatic heterocycles. The highest BCUT2D eigenvalue weighted by atomic mass is 16.6. The van der Waals surface area contributed by atoms with Crippen molar-refractivity contribution in [1.82, 2.24) is 31.5 Å². The molecular weight excluding hydrogens is 288 g/mol. The highest BCUT2D eigenvalue weighted by molar-refractivity contribution is 5.96. The van der Waals surface area contributed by atoms with E-state index in [0.717, 1.165) is 0 Å². The van der Waals surface area contributed by atoms with Gasteiger partial charge in [-0.3, -0.25) is 20.4 Å². The zero-order valence-electron chi connectivity index (χ0n) is 10.3. The van der Waals surface area contributed by atoms with Crippen molar-refractivity contribution in [3.63, 3.8) is 0 Å². The lowest BCUT2D eigenvalue weighted by molar-refractivity contribution is 0.0936. The van der Waals surface area contributed by atoms with Gasteiger partial charge in [0.2, 0.25) is 23.0 Å². The van der Waals surface area contributed by atoms with Crippen LogP contribution in [-0.2, 0) is 0 Å². The first-order valence-corrected chi connectivity index (χ1v) is 5.32. The number of nitrogens with two attached hydrogens (primary N) is 2. The molecule has 0 spiro atoms. The average Bonchev–Trinajstić information content (AvgIpc) is 3.15. The lowest BCUT2D eigenvalue weighted by Crippen LogP contribution is -2.31. The predicted octanol–water partition coefficient (Wildman–Crippen LogP) is -2.86. The van der Waals surface area contributed by atoms with Gasteiger partial charge in [-0.2, -0.15) is 0 Å². The molecule has 2 rings (SSSR count). The van der Waals surface area contributed by atoms with E-state index in [4.69, 9.17) is 11.7 Å². The van der Waals surface area contributed by atoms with Crippen LogP contribution in [0.1, 0.15) is 21.0 Å². The van der Waals surface area contributed by atoms with Gasteiger partial charge in [0.1, 0.15) is 0 Å². The fraction of sp³-hybridized carbons (Fsp3) is 0.143. The van der Waals surface area contributed by atoms with E-state index in [1.807, 2.05) is 10.9 Å². The lowest BCUT2D eigenvalue weighted by atomic mass is 10.4. The molecule has 0 atom stereocenters. The largest absolute Gasteiger partial charge is 0.348 e. The van der Waals surface area contributed by atoms with Gasteiger partial charge in [0.05, 0.1) is 6.67 Å². The van der Waals surface area contributed by atoms with Crippen molar-refractivity contribution in [3.8, 4) is 0 Å². The third-order valence-corrected chi connectivity index (χ3v) is 2.18. The van der Waals surface area contributed by atoms with E-state index in [0.29, 0.717) is 0 Å². The molecule has 2 aromatic heterocycles. The van der Waals surface area contributed by atoms with Gasteiger partial charge in [-0.05, 0) is 20.6 Å². The molecule has 2 amide bonds. The summed E-state index contributed by atoms with van der Waals surface area (Å²) in [5.74, 6) is 8.62. The van der Waals surface area contributed by atoms with E-state index in [1.54, 1.807) is 0 Å². The Balaban J connectivity index is 1.97. The Kier molecular flexibility index (Phi) is 4.22. The van der Waals surface area contributed by atoms with Gasteiger partial charge in [0, 0.05) is 0 Å². The molecule has 8 N–H and O–H groups in total. The summed E-state index contributed by atoms with van der Waals surface area (Å²) in [6, 6.07) is 0. The maximum atomic E-state index is 11.3. The number of carbonyl (C=O) groups excluding carboxylic acids is 2. The molecule has 112 valence electrons. The summed E-state index contributed by atoms with van der Waals surface area (Å²) in [5.41, 5.74) is 3.47. The zero-order valence-corrected chi connectivity index (χ0v) is 10.3. The van der Waals surface area contributed by atoms with E-state index in [1.165, 1.54) is 0 Å². The summed E-state index contributed by atoms with van der Waals surface area (Å²) in [7, 11) is 0. The van der Waals surface area contributed by atoms with Crippen molar-refractivity contribution in [2.24, 2.45) is 11.7 Å². The average molecular weight is 298 g/mol. The molecule has 0 unspecified atom stereocenters. The SMILES string of the molecule is NNC(=O)c1nonc1NCNc1nonc1C(=O)NN. The highest BCUT2D eigenvalue weighted by Crippen LogP contribution is 2.11. The summed E-state index contributed by atoms with van der Waals surface area (Å²) in [5, 5.41) is 19.0. The monoisotopic (exact) mass is 298 g/mol. The Morgan fingerprint density at radius 1 is 0.857 bits per heavy atom. The van der Waals surface area contributed by atoms with Crippen LogP contribution in [0.15, 0.2) is 9.26 Å². The molecular formula is C7H10N10O4. The molecule has 0 saturated heterocycles. The number of hydrogen-bond acceptors (Lipinski definition) is 12. The number of aromatic nitrogens is 4. The Bertz CT molecular complexity index is 581. The topological polar surface area (TPSA) is 212 Å². The van der Waals surface area contributed by atoms with Crippen molar-refractivity contribution in [3.05, 3.63) is 11.4 Å². The second-order valence-electron chi connectivity index (χ2n) is 3.40. The lowest BCUT2D eigenvalue weighted by Gasteiger charge is -2.04. The summed E-state index contributed by atoms with van der Waals surface area (Å²) in [4.78, 5) is 22.6. The van der Waals surface area contributed by atoms with Crippen LogP contribution in [0.5, 0.6) is 0 Å². The van der Waals surface area contributed by atoms with E-state index in [-0.39, 0.29) is 29.7 Å². The first-order valence-electron chi connectivity index (χ1n) is 5.32. The van der Waals surface area contributed by atoms with E-state index in [2.05, 4.69) is 40.5 Å². The van der Waals surface area contributed by atoms with Gasteiger partial charge in [0.25, 0.3) is 11.8 Å². The van der Waals surface area contributed by atoms with Crippen LogP contribution in [0, 0.1) is 0 Å². The standard InChI is InChI=1S/C7H10N10O4/c8-12-6(18)2-4(16-20-14-2)10-1-11-5-3(7(19)13-9)15-21-17-5/h1,8-9H2,(H,10,16)(H,11,17)(H,12,18)(H,13,19). The quantitative estimate of drug-likeness (QED) is 0.137. The fourth-order valence-electron chi connectivity index (χ4n) is 1.26. The molecule has 0 aliphatic rings. The van der Waals surface area contributed by atoms with Crippen LogP contribution in [0.3, 0.4) is 0 Å². The number of nitrogens with one attached hydrogen (secondary N) is 4. The minimum Gasteiger partial charge on any atom is -0.348 e. The number of nitrogen functional groups attached to an aromatic ring is 2. The minimum absolute atomic E-state index is 0.00186. The molecule has 2 heterocycles. The van der Waals surface area contributed by atoms with Crippen molar-refractivity contribution in [2.45, 2.75) is 0 Å². The van der Waals surface area contributed by atoms with Crippen LogP contribution in [0.25, 0.3) is 0 Å². The number of rotatable bonds is 6. The van der Waals surface area contributed by atoms with Crippen LogP contribution < -0.4 is 33.2 Å². The molecule has 0 bridgehead atoms. The van der Waals surface area contributed by atoms with Gasteiger partial charge in [-0.1, -0.05) is 0 Å². The first-order chi connectivity index (χ1) is 10.2. The maximum Gasteiger partial charge on any atom is 0.291 e. The van der Waals surface area contributed by atoms with Crippen LogP contribution in [-0.4, -0.2) is 39.1 Å². The summed E-state index contributed by atoms with van der Waals surface area (Å²) in [6.07, 6.45) is 0. The normalized spacial score (nSPS) is 10.0. The molecule has 2 aromatic rings. The molecule has 21 heavy (non-hydrogen) atoms. The Labute approximate surface area is 115 Å². The van der Waals surface area contributed by atoms with E-state index < -0.39 is 11.8 Å². The summed E-state index contributed by atoms with van der Waals surface area (Å²) >= 11 is 0. The van der Waals surface area contributed by atoms with Crippen molar-refractivity contribution >= 4 is 23.5 Å². The van der Waals surface area contributed by atoms with Crippen molar-refractivity contribution in [1.29, 1.82) is 0 Å². The number of hydrazine groups is 2. The maximum absolute atomic E-state index is 11.3. The van der Waals surface area contributed by atoms with Crippen molar-refractivity contribution < 1.29 is 18.8 Å². The Morgan fingerprint density at radius 3 is 1.67 bits per heavy atom. The van der Waals surface area contributed by atoms with E-state index in [9.17, 15) is 9.59 Å². The smallest absolute Gasteiger partial charge is 0.291 e. The van der Waals surface area contributed by atoms with Gasteiger partial charge in [-0.25, -0.2) is 20.9 Å². The van der Waals surface area contributed by atoms with Gasteiger partial charge in [-0.15, -0.1) is 0 Å². The molecule has 0 radical (unpaired) electrons. The number of nitrogens with zero attached hydrogens (tertiary/aromatic N) is 4. The summed E-state index contributed by atoms with van der Waals surface area (Å²) < 4.78 is 8.80. The fourth-order valence-corrected chi connectivity index (χ4v) is 1.26. The van der Waals surface area contributed by atoms with Crippen molar-refractivity contribution in [2.75, 3.05) is 17.3 Å². The van der Waals surface area contributed by atoms with Gasteiger partial charge in [0.15, 0.2) is 0 Å². The molecule has 14 heteroatoms. The molecule has 0 aromatic carbocycles. The van der Waals surface area contributed by atoms with Crippen LogP contribution in [0.2, 0.25) is 0 Å². The number of anilines is 2. The first kappa shape index (κ1) is 14.2. The third-order valence-electron chi connectivity index (χ3n) is 2.18. The molecule has 0 saturated carbocycles. The van der Waals surface area contributed by atoms with Crippen LogP contribution >= 0.6 is 0 Å². The zero-order chi connectivity index (χ0) is 15.2. The van der Waals surface area contributed by atoms with Gasteiger partial charge >= 0.3 is 0 Å². The number of hydrogen-bond donors (Lipinski definition) is 6.